The average Bonchev–Trinajstić information content (AvgIpc) is 2.36. The number of hydrogen-bond donors (Lipinski definition) is 2. The molecule has 3 amide bonds. The lowest BCUT2D eigenvalue weighted by Gasteiger charge is -2.33. The number of carboxylic acid groups (broad SMARTS) is 1. The minimum Gasteiger partial charge on any atom is -0.481 e. The van der Waals surface area contributed by atoms with Crippen molar-refractivity contribution in [1.29, 1.82) is 0 Å². The standard InChI is InChI=1S/C13H23N3O4/c1-9(8-11(17)18)14-12(19)10-4-6-16(7-5-10)13(20)15(2)3/h9-10H,4-8H2,1-3H3,(H,14,19)(H,17,18). The summed E-state index contributed by atoms with van der Waals surface area (Å²) in [6, 6.07) is -0.412. The Morgan fingerprint density at radius 2 is 1.85 bits per heavy atom. The molecule has 0 aliphatic carbocycles. The average molecular weight is 285 g/mol. The number of carboxylic acids is 1. The zero-order chi connectivity index (χ0) is 15.3. The Hall–Kier alpha value is -1.79. The van der Waals surface area contributed by atoms with Crippen LogP contribution in [0, 0.1) is 5.92 Å². The fraction of sp³-hybridized carbons (Fsp3) is 0.769. The molecule has 114 valence electrons. The number of urea groups is 1. The van der Waals surface area contributed by atoms with Crippen LogP contribution in [-0.4, -0.2) is 66.0 Å². The highest BCUT2D eigenvalue weighted by Crippen LogP contribution is 2.18. The van der Waals surface area contributed by atoms with Crippen molar-refractivity contribution in [2.24, 2.45) is 5.92 Å². The molecule has 20 heavy (non-hydrogen) atoms. The Balaban J connectivity index is 2.39. The van der Waals surface area contributed by atoms with Gasteiger partial charge >= 0.3 is 12.0 Å². The maximum atomic E-state index is 12.0. The van der Waals surface area contributed by atoms with Gasteiger partial charge in [0.1, 0.15) is 0 Å². The van der Waals surface area contributed by atoms with Crippen molar-refractivity contribution in [1.82, 2.24) is 15.1 Å². The van der Waals surface area contributed by atoms with E-state index in [2.05, 4.69) is 5.32 Å². The molecule has 1 rings (SSSR count). The highest BCUT2D eigenvalue weighted by Gasteiger charge is 2.28. The summed E-state index contributed by atoms with van der Waals surface area (Å²) >= 11 is 0. The number of nitrogens with zero attached hydrogens (tertiary/aromatic N) is 2. The molecule has 1 heterocycles. The second-order valence-electron chi connectivity index (χ2n) is 5.45. The van der Waals surface area contributed by atoms with Gasteiger partial charge in [-0.25, -0.2) is 4.79 Å². The van der Waals surface area contributed by atoms with E-state index in [0.717, 1.165) is 0 Å². The normalized spacial score (nSPS) is 17.4. The first-order chi connectivity index (χ1) is 9.31. The van der Waals surface area contributed by atoms with Crippen LogP contribution in [0.1, 0.15) is 26.2 Å². The highest BCUT2D eigenvalue weighted by molar-refractivity contribution is 5.80. The summed E-state index contributed by atoms with van der Waals surface area (Å²) in [4.78, 5) is 37.5. The number of carbonyl (C=O) groups excluding carboxylic acids is 2. The van der Waals surface area contributed by atoms with Gasteiger partial charge in [-0.2, -0.15) is 0 Å². The highest BCUT2D eigenvalue weighted by atomic mass is 16.4. The molecule has 7 nitrogen and oxygen atoms in total. The first kappa shape index (κ1) is 16.3. The van der Waals surface area contributed by atoms with Gasteiger partial charge in [-0.15, -0.1) is 0 Å². The van der Waals surface area contributed by atoms with Crippen LogP contribution in [-0.2, 0) is 9.59 Å². The molecule has 2 N–H and O–H groups in total. The van der Waals surface area contributed by atoms with Crippen LogP contribution in [0.3, 0.4) is 0 Å². The fourth-order valence-electron chi connectivity index (χ4n) is 2.29. The predicted octanol–water partition coefficient (Wildman–Crippen LogP) is 0.359. The molecule has 1 saturated heterocycles. The van der Waals surface area contributed by atoms with E-state index in [0.29, 0.717) is 25.9 Å². The predicted molar refractivity (Wildman–Crippen MR) is 73.2 cm³/mol. The van der Waals surface area contributed by atoms with Crippen LogP contribution in [0.2, 0.25) is 0 Å². The van der Waals surface area contributed by atoms with Gasteiger partial charge < -0.3 is 20.2 Å². The molecule has 0 aromatic rings. The first-order valence-electron chi connectivity index (χ1n) is 6.79. The van der Waals surface area contributed by atoms with Crippen molar-refractivity contribution in [2.75, 3.05) is 27.2 Å². The number of aliphatic carboxylic acids is 1. The number of piperidine rings is 1. The molecule has 1 aliphatic rings. The second kappa shape index (κ2) is 7.12. The Kier molecular flexibility index (Phi) is 5.79. The lowest BCUT2D eigenvalue weighted by Crippen LogP contribution is -2.47. The van der Waals surface area contributed by atoms with Crippen LogP contribution in [0.5, 0.6) is 0 Å². The van der Waals surface area contributed by atoms with Gasteiger partial charge in [0.25, 0.3) is 0 Å². The lowest BCUT2D eigenvalue weighted by atomic mass is 9.95. The van der Waals surface area contributed by atoms with Gasteiger partial charge in [-0.3, -0.25) is 9.59 Å². The van der Waals surface area contributed by atoms with E-state index < -0.39 is 5.97 Å². The summed E-state index contributed by atoms with van der Waals surface area (Å²) in [6.07, 6.45) is 1.15. The van der Waals surface area contributed by atoms with Crippen molar-refractivity contribution in [3.8, 4) is 0 Å². The van der Waals surface area contributed by atoms with E-state index in [4.69, 9.17) is 5.11 Å². The van der Waals surface area contributed by atoms with E-state index in [1.165, 1.54) is 4.90 Å². The zero-order valence-electron chi connectivity index (χ0n) is 12.3. The minimum absolute atomic E-state index is 0.0388. The second-order valence-corrected chi connectivity index (χ2v) is 5.45. The van der Waals surface area contributed by atoms with Crippen LogP contribution in [0.25, 0.3) is 0 Å². The van der Waals surface area contributed by atoms with Crippen molar-refractivity contribution in [3.63, 3.8) is 0 Å². The van der Waals surface area contributed by atoms with Gasteiger partial charge in [0.2, 0.25) is 5.91 Å². The van der Waals surface area contributed by atoms with Gasteiger partial charge in [0.05, 0.1) is 6.42 Å². The first-order valence-corrected chi connectivity index (χ1v) is 6.79. The molecule has 0 bridgehead atoms. The van der Waals surface area contributed by atoms with E-state index in [-0.39, 0.29) is 30.3 Å². The minimum atomic E-state index is -0.927. The summed E-state index contributed by atoms with van der Waals surface area (Å²) in [7, 11) is 3.41. The third-order valence-electron chi connectivity index (χ3n) is 3.39. The number of hydrogen-bond acceptors (Lipinski definition) is 3. The van der Waals surface area contributed by atoms with Gasteiger partial charge in [0, 0.05) is 39.1 Å². The monoisotopic (exact) mass is 285 g/mol. The third-order valence-corrected chi connectivity index (χ3v) is 3.39. The van der Waals surface area contributed by atoms with Crippen molar-refractivity contribution in [3.05, 3.63) is 0 Å². The summed E-state index contributed by atoms with van der Waals surface area (Å²) in [5.41, 5.74) is 0. The molecular weight excluding hydrogens is 262 g/mol. The maximum absolute atomic E-state index is 12.0. The van der Waals surface area contributed by atoms with Gasteiger partial charge in [0.15, 0.2) is 0 Å². The Morgan fingerprint density at radius 1 is 1.30 bits per heavy atom. The molecule has 1 aliphatic heterocycles. The van der Waals surface area contributed by atoms with Crippen LogP contribution in [0.15, 0.2) is 0 Å². The summed E-state index contributed by atoms with van der Waals surface area (Å²) in [6.45, 7) is 2.79. The van der Waals surface area contributed by atoms with E-state index in [9.17, 15) is 14.4 Å². The zero-order valence-corrected chi connectivity index (χ0v) is 12.3. The summed E-state index contributed by atoms with van der Waals surface area (Å²) < 4.78 is 0. The van der Waals surface area contributed by atoms with Crippen LogP contribution < -0.4 is 5.32 Å². The summed E-state index contributed by atoms with van der Waals surface area (Å²) in [5, 5.41) is 11.4. The molecule has 7 heteroatoms. The van der Waals surface area contributed by atoms with Gasteiger partial charge in [-0.05, 0) is 19.8 Å². The smallest absolute Gasteiger partial charge is 0.319 e. The number of carbonyl (C=O) groups is 3. The molecular formula is C13H23N3O4. The Labute approximate surface area is 118 Å². The van der Waals surface area contributed by atoms with E-state index in [1.807, 2.05) is 0 Å². The molecule has 0 aromatic heterocycles. The molecule has 0 saturated carbocycles. The molecule has 0 aromatic carbocycles. The van der Waals surface area contributed by atoms with Crippen molar-refractivity contribution >= 4 is 17.9 Å². The number of rotatable bonds is 4. The quantitative estimate of drug-likeness (QED) is 0.780. The lowest BCUT2D eigenvalue weighted by molar-refractivity contribution is -0.137. The maximum Gasteiger partial charge on any atom is 0.319 e. The molecule has 1 atom stereocenters. The molecule has 1 unspecified atom stereocenters. The van der Waals surface area contributed by atoms with E-state index >= 15 is 0 Å². The number of amides is 3. The molecule has 0 spiro atoms. The largest absolute Gasteiger partial charge is 0.481 e. The molecule has 0 radical (unpaired) electrons. The van der Waals surface area contributed by atoms with Crippen LogP contribution >= 0.6 is 0 Å². The number of nitrogens with one attached hydrogen (secondary N) is 1. The Morgan fingerprint density at radius 3 is 2.30 bits per heavy atom. The van der Waals surface area contributed by atoms with Gasteiger partial charge in [-0.1, -0.05) is 0 Å². The summed E-state index contributed by atoms with van der Waals surface area (Å²) in [5.74, 6) is -1.18. The van der Waals surface area contributed by atoms with Crippen LogP contribution in [0.4, 0.5) is 4.79 Å². The topological polar surface area (TPSA) is 90.0 Å². The van der Waals surface area contributed by atoms with Crippen molar-refractivity contribution in [2.45, 2.75) is 32.2 Å². The van der Waals surface area contributed by atoms with E-state index in [1.54, 1.807) is 25.9 Å². The fourth-order valence-corrected chi connectivity index (χ4v) is 2.29. The number of likely N-dealkylation sites (tertiary alicyclic amines) is 1. The molecule has 1 fully saturated rings. The Bertz CT molecular complexity index is 376. The SMILES string of the molecule is CC(CC(=O)O)NC(=O)C1CCN(C(=O)N(C)C)CC1. The third kappa shape index (κ3) is 4.71. The van der Waals surface area contributed by atoms with Crippen molar-refractivity contribution < 1.29 is 19.5 Å².